The molecule has 0 bridgehead atoms. The topological polar surface area (TPSA) is 95.0 Å². The number of hydrogen-bond acceptors (Lipinski definition) is 6. The van der Waals surface area contributed by atoms with Gasteiger partial charge in [-0.3, -0.25) is 14.2 Å². The van der Waals surface area contributed by atoms with Crippen LogP contribution in [-0.4, -0.2) is 36.0 Å². The van der Waals surface area contributed by atoms with Gasteiger partial charge in [-0.1, -0.05) is 58.2 Å². The fourth-order valence-electron chi connectivity index (χ4n) is 6.58. The van der Waals surface area contributed by atoms with Crippen LogP contribution in [0.2, 0.25) is 10.2 Å². The summed E-state index contributed by atoms with van der Waals surface area (Å²) in [7, 11) is 0. The van der Waals surface area contributed by atoms with Crippen LogP contribution in [0.5, 0.6) is 0 Å². The average Bonchev–Trinajstić information content (AvgIpc) is 3.27. The molecule has 4 aromatic rings. The summed E-state index contributed by atoms with van der Waals surface area (Å²) in [6.07, 6.45) is 4.93. The molecular weight excluding hydrogens is 583 g/mol. The largest absolute Gasteiger partial charge is 0.299 e. The predicted octanol–water partition coefficient (Wildman–Crippen LogP) is 5.97. The van der Waals surface area contributed by atoms with Crippen molar-refractivity contribution in [2.24, 2.45) is 10.9 Å². The standard InChI is InChI=1S/C30H21Cl3N6O2/c31-17-4-6-25(38-13-26(32)36-37-38)22(9-17)23-12-27(41)39-28(20-10-21(20)30(39)35-23)24-11-19(29(33)34-24)16-2-1-15-8-18(40)5-3-14(15)7-16/h1-2,4,6-7,9,12-13,20-21,28H,3,5,8,10-11H2/t20-,21+,28-/m0/s1. The van der Waals surface area contributed by atoms with Crippen molar-refractivity contribution >= 4 is 51.9 Å². The molecule has 4 aliphatic rings. The van der Waals surface area contributed by atoms with Crippen molar-refractivity contribution in [2.75, 3.05) is 0 Å². The highest BCUT2D eigenvalue weighted by atomic mass is 35.5. The van der Waals surface area contributed by atoms with E-state index in [1.165, 1.54) is 5.56 Å². The lowest BCUT2D eigenvalue weighted by molar-refractivity contribution is -0.118. The van der Waals surface area contributed by atoms with E-state index >= 15 is 0 Å². The van der Waals surface area contributed by atoms with E-state index in [0.29, 0.717) is 46.4 Å². The Balaban J connectivity index is 1.13. The Morgan fingerprint density at radius 1 is 0.927 bits per heavy atom. The summed E-state index contributed by atoms with van der Waals surface area (Å²) in [5.74, 6) is 1.48. The highest BCUT2D eigenvalue weighted by Crippen LogP contribution is 2.60. The van der Waals surface area contributed by atoms with Gasteiger partial charge in [-0.15, -0.1) is 5.10 Å². The number of rotatable bonds is 4. The second-order valence-electron chi connectivity index (χ2n) is 11.1. The van der Waals surface area contributed by atoms with Crippen LogP contribution in [0, 0.1) is 5.92 Å². The molecule has 0 spiro atoms. The van der Waals surface area contributed by atoms with E-state index < -0.39 is 0 Å². The SMILES string of the molecule is O=C1CCc2cc(C3=C(Cl)N=C([C@@H]4[C@H]5C[C@H]5c5nc(-c6cc(Cl)ccc6-n6cc(Cl)nn6)cc(=O)n54)C3)ccc2C1. The van der Waals surface area contributed by atoms with Gasteiger partial charge in [0.05, 0.1) is 23.6 Å². The first-order chi connectivity index (χ1) is 19.8. The van der Waals surface area contributed by atoms with Crippen molar-refractivity contribution in [2.45, 2.75) is 44.1 Å². The molecule has 1 fully saturated rings. The first-order valence-electron chi connectivity index (χ1n) is 13.5. The summed E-state index contributed by atoms with van der Waals surface area (Å²) in [6.45, 7) is 0. The van der Waals surface area contributed by atoms with Crippen LogP contribution in [0.1, 0.15) is 53.7 Å². The van der Waals surface area contributed by atoms with Gasteiger partial charge in [0, 0.05) is 53.1 Å². The Bertz CT molecular complexity index is 1940. The number of hydrogen-bond donors (Lipinski definition) is 0. The maximum absolute atomic E-state index is 13.7. The molecule has 0 amide bonds. The lowest BCUT2D eigenvalue weighted by Gasteiger charge is -2.19. The summed E-state index contributed by atoms with van der Waals surface area (Å²) < 4.78 is 3.34. The number of fused-ring (bicyclic) bond motifs is 4. The van der Waals surface area contributed by atoms with E-state index in [1.54, 1.807) is 39.7 Å². The zero-order valence-electron chi connectivity index (χ0n) is 21.5. The Morgan fingerprint density at radius 2 is 1.80 bits per heavy atom. The number of aryl methyl sites for hydroxylation is 1. The molecule has 0 radical (unpaired) electrons. The maximum atomic E-state index is 13.7. The van der Waals surface area contributed by atoms with Gasteiger partial charge in [0.1, 0.15) is 16.8 Å². The van der Waals surface area contributed by atoms with Crippen LogP contribution in [0.4, 0.5) is 0 Å². The molecule has 4 heterocycles. The van der Waals surface area contributed by atoms with Crippen molar-refractivity contribution in [3.63, 3.8) is 0 Å². The van der Waals surface area contributed by atoms with Gasteiger partial charge >= 0.3 is 0 Å². The van der Waals surface area contributed by atoms with Crippen molar-refractivity contribution in [1.29, 1.82) is 0 Å². The molecule has 8 rings (SSSR count). The quantitative estimate of drug-likeness (QED) is 0.268. The predicted molar refractivity (Wildman–Crippen MR) is 157 cm³/mol. The van der Waals surface area contributed by atoms with Crippen LogP contribution in [0.15, 0.2) is 63.6 Å². The summed E-state index contributed by atoms with van der Waals surface area (Å²) in [4.78, 5) is 35.4. The molecule has 2 aromatic heterocycles. The maximum Gasteiger partial charge on any atom is 0.254 e. The fourth-order valence-corrected chi connectivity index (χ4v) is 7.17. The minimum Gasteiger partial charge on any atom is -0.299 e. The number of allylic oxidation sites excluding steroid dienone is 1. The third kappa shape index (κ3) is 4.11. The molecule has 41 heavy (non-hydrogen) atoms. The van der Waals surface area contributed by atoms with E-state index in [-0.39, 0.29) is 34.4 Å². The molecule has 3 atom stereocenters. The number of halogens is 3. The zero-order valence-corrected chi connectivity index (χ0v) is 23.8. The molecule has 204 valence electrons. The van der Waals surface area contributed by atoms with Crippen LogP contribution in [0.25, 0.3) is 22.5 Å². The Kier molecular flexibility index (Phi) is 5.65. The van der Waals surface area contributed by atoms with Gasteiger partial charge in [0.15, 0.2) is 5.15 Å². The number of Topliss-reactive ketones (excluding diaryl/α,β-unsaturated/α-hetero) is 1. The Hall–Kier alpha value is -3.59. The fraction of sp³-hybridized carbons (Fsp3) is 0.267. The third-order valence-corrected chi connectivity index (χ3v) is 9.31. The van der Waals surface area contributed by atoms with Gasteiger partial charge in [-0.25, -0.2) is 14.7 Å². The van der Waals surface area contributed by atoms with Crippen LogP contribution in [-0.2, 0) is 17.6 Å². The molecule has 2 aliphatic carbocycles. The van der Waals surface area contributed by atoms with Gasteiger partial charge < -0.3 is 0 Å². The van der Waals surface area contributed by atoms with E-state index in [9.17, 15) is 9.59 Å². The monoisotopic (exact) mass is 602 g/mol. The smallest absolute Gasteiger partial charge is 0.254 e. The van der Waals surface area contributed by atoms with Crippen molar-refractivity contribution in [3.05, 3.63) is 96.9 Å². The number of carbonyl (C=O) groups is 1. The number of aromatic nitrogens is 5. The third-order valence-electron chi connectivity index (χ3n) is 8.59. The van der Waals surface area contributed by atoms with Gasteiger partial charge in [-0.05, 0) is 53.6 Å². The van der Waals surface area contributed by atoms with Gasteiger partial charge in [-0.2, -0.15) is 0 Å². The number of aliphatic imine (C=N–C) groups is 1. The summed E-state index contributed by atoms with van der Waals surface area (Å²) in [5, 5.41) is 9.19. The molecule has 8 nitrogen and oxygen atoms in total. The first kappa shape index (κ1) is 25.1. The highest BCUT2D eigenvalue weighted by Gasteiger charge is 2.56. The molecule has 0 unspecified atom stereocenters. The van der Waals surface area contributed by atoms with E-state index in [0.717, 1.165) is 41.1 Å². The zero-order chi connectivity index (χ0) is 28.0. The lowest BCUT2D eigenvalue weighted by atomic mass is 9.87. The Morgan fingerprint density at radius 3 is 2.63 bits per heavy atom. The van der Waals surface area contributed by atoms with E-state index in [2.05, 4.69) is 16.4 Å². The number of ketones is 1. The van der Waals surface area contributed by atoms with Crippen LogP contribution >= 0.6 is 34.8 Å². The molecule has 1 saturated carbocycles. The summed E-state index contributed by atoms with van der Waals surface area (Å²) in [5.41, 5.74) is 6.88. The van der Waals surface area contributed by atoms with E-state index in [1.807, 2.05) is 12.1 Å². The van der Waals surface area contributed by atoms with Gasteiger partial charge in [0.25, 0.3) is 5.56 Å². The molecular formula is C30H21Cl3N6O2. The first-order valence-corrected chi connectivity index (χ1v) is 14.6. The highest BCUT2D eigenvalue weighted by molar-refractivity contribution is 6.35. The second-order valence-corrected chi connectivity index (χ2v) is 12.2. The van der Waals surface area contributed by atoms with Crippen molar-refractivity contribution in [3.8, 4) is 16.9 Å². The second kappa shape index (κ2) is 9.21. The Labute approximate surface area is 249 Å². The summed E-state index contributed by atoms with van der Waals surface area (Å²) in [6, 6.07) is 12.9. The average molecular weight is 604 g/mol. The lowest BCUT2D eigenvalue weighted by Crippen LogP contribution is -2.30. The van der Waals surface area contributed by atoms with Gasteiger partial charge in [0.2, 0.25) is 0 Å². The number of benzene rings is 2. The molecule has 0 N–H and O–H groups in total. The normalized spacial score (nSPS) is 22.5. The number of carbonyl (C=O) groups excluding carboxylic acids is 1. The molecule has 11 heteroatoms. The van der Waals surface area contributed by atoms with Crippen molar-refractivity contribution in [1.82, 2.24) is 24.5 Å². The van der Waals surface area contributed by atoms with Crippen LogP contribution < -0.4 is 5.56 Å². The van der Waals surface area contributed by atoms with E-state index in [4.69, 9.17) is 44.8 Å². The minimum atomic E-state index is -0.182. The number of nitrogens with zero attached hydrogens (tertiary/aromatic N) is 6. The van der Waals surface area contributed by atoms with Crippen LogP contribution in [0.3, 0.4) is 0 Å². The van der Waals surface area contributed by atoms with Crippen molar-refractivity contribution < 1.29 is 4.79 Å². The minimum absolute atomic E-state index is 0.143. The summed E-state index contributed by atoms with van der Waals surface area (Å²) >= 11 is 19.1. The molecule has 2 aliphatic heterocycles. The molecule has 0 saturated heterocycles. The molecule has 2 aromatic carbocycles.